The minimum Gasteiger partial charge on any atom is -0.494 e. The van der Waals surface area contributed by atoms with E-state index in [1.807, 2.05) is 36.1 Å². The van der Waals surface area contributed by atoms with E-state index in [4.69, 9.17) is 21.1 Å². The Balaban J connectivity index is 1.78. The lowest BCUT2D eigenvalue weighted by Gasteiger charge is -2.23. The van der Waals surface area contributed by atoms with Crippen LogP contribution in [0, 0.1) is 0 Å². The number of nitrogens with zero attached hydrogens (tertiary/aromatic N) is 1. The molecule has 2 aromatic carbocycles. The van der Waals surface area contributed by atoms with E-state index in [2.05, 4.69) is 5.32 Å². The molecule has 1 heterocycles. The van der Waals surface area contributed by atoms with Crippen molar-refractivity contribution in [2.45, 2.75) is 38.1 Å². The molecule has 0 aromatic heterocycles. The number of carbonyl (C=O) groups excluding carboxylic acids is 2. The van der Waals surface area contributed by atoms with Crippen molar-refractivity contribution in [1.82, 2.24) is 10.2 Å². The summed E-state index contributed by atoms with van der Waals surface area (Å²) in [6.45, 7) is 3.01. The summed E-state index contributed by atoms with van der Waals surface area (Å²) in [4.78, 5) is 27.0. The predicted molar refractivity (Wildman–Crippen MR) is 116 cm³/mol. The van der Waals surface area contributed by atoms with Crippen LogP contribution >= 0.6 is 11.6 Å². The van der Waals surface area contributed by atoms with Crippen molar-refractivity contribution in [3.8, 4) is 5.75 Å². The van der Waals surface area contributed by atoms with Crippen LogP contribution in [0.3, 0.4) is 0 Å². The predicted octanol–water partition coefficient (Wildman–Crippen LogP) is 4.30. The zero-order valence-corrected chi connectivity index (χ0v) is 18.9. The van der Waals surface area contributed by atoms with Crippen molar-refractivity contribution in [2.75, 3.05) is 20.3 Å². The average molecular weight is 485 g/mol. The van der Waals surface area contributed by atoms with E-state index in [9.17, 15) is 22.8 Å². The number of rotatable bonds is 7. The molecule has 6 nitrogen and oxygen atoms in total. The fourth-order valence-corrected chi connectivity index (χ4v) is 4.06. The average Bonchev–Trinajstić information content (AvgIpc) is 3.16. The number of hydrogen-bond donors (Lipinski definition) is 1. The number of nitrogens with one attached hydrogen (secondary N) is 1. The van der Waals surface area contributed by atoms with Crippen molar-refractivity contribution < 1.29 is 32.2 Å². The van der Waals surface area contributed by atoms with E-state index in [-0.39, 0.29) is 17.0 Å². The van der Waals surface area contributed by atoms with Crippen LogP contribution in [0.4, 0.5) is 13.2 Å². The minimum absolute atomic E-state index is 0.0921. The van der Waals surface area contributed by atoms with Crippen molar-refractivity contribution in [3.63, 3.8) is 0 Å². The number of methoxy groups -OCH3 is 1. The molecule has 2 aromatic rings. The number of esters is 1. The third-order valence-corrected chi connectivity index (χ3v) is 5.73. The van der Waals surface area contributed by atoms with Crippen LogP contribution in [0.1, 0.15) is 34.8 Å². The smallest absolute Gasteiger partial charge is 0.416 e. The molecule has 0 radical (unpaired) electrons. The minimum atomic E-state index is -4.60. The maximum atomic E-state index is 13.0. The Hall–Kier alpha value is -2.78. The summed E-state index contributed by atoms with van der Waals surface area (Å²) in [5, 5.41) is 2.62. The van der Waals surface area contributed by atoms with Crippen LogP contribution in [0.2, 0.25) is 5.02 Å². The van der Waals surface area contributed by atoms with E-state index < -0.39 is 35.7 Å². The number of para-hydroxylation sites is 1. The topological polar surface area (TPSA) is 67.9 Å². The highest BCUT2D eigenvalue weighted by Crippen LogP contribution is 2.32. The first kappa shape index (κ1) is 24.9. The summed E-state index contributed by atoms with van der Waals surface area (Å²) in [5.41, 5.74) is -0.382. The van der Waals surface area contributed by atoms with Gasteiger partial charge in [-0.2, -0.15) is 13.2 Å². The largest absolute Gasteiger partial charge is 0.494 e. The van der Waals surface area contributed by atoms with Crippen molar-refractivity contribution in [3.05, 3.63) is 64.2 Å². The number of halogens is 4. The molecule has 1 fully saturated rings. The zero-order chi connectivity index (χ0) is 24.2. The summed E-state index contributed by atoms with van der Waals surface area (Å²) in [6.07, 6.45) is -4.36. The lowest BCUT2D eigenvalue weighted by Crippen LogP contribution is -2.38. The van der Waals surface area contributed by atoms with E-state index in [0.717, 1.165) is 23.8 Å². The van der Waals surface area contributed by atoms with Gasteiger partial charge in [-0.15, -0.1) is 0 Å². The highest BCUT2D eigenvalue weighted by Gasteiger charge is 2.39. The van der Waals surface area contributed by atoms with E-state index in [1.54, 1.807) is 0 Å². The van der Waals surface area contributed by atoms with Gasteiger partial charge in [-0.3, -0.25) is 14.5 Å². The Morgan fingerprint density at radius 3 is 2.61 bits per heavy atom. The zero-order valence-electron chi connectivity index (χ0n) is 18.1. The van der Waals surface area contributed by atoms with Gasteiger partial charge in [0.25, 0.3) is 5.91 Å². The molecule has 1 aliphatic rings. The second-order valence-electron chi connectivity index (χ2n) is 7.61. The highest BCUT2D eigenvalue weighted by atomic mass is 35.5. The number of ether oxygens (including phenoxy) is 2. The lowest BCUT2D eigenvalue weighted by atomic mass is 10.1. The van der Waals surface area contributed by atoms with Gasteiger partial charge >= 0.3 is 12.1 Å². The van der Waals surface area contributed by atoms with Gasteiger partial charge in [0.2, 0.25) is 0 Å². The van der Waals surface area contributed by atoms with E-state index >= 15 is 0 Å². The Morgan fingerprint density at radius 2 is 1.94 bits per heavy atom. The molecular weight excluding hydrogens is 461 g/mol. The fraction of sp³-hybridized carbons (Fsp3) is 0.391. The van der Waals surface area contributed by atoms with Gasteiger partial charge in [0.15, 0.2) is 0 Å². The third-order valence-electron chi connectivity index (χ3n) is 5.40. The van der Waals surface area contributed by atoms with Crippen LogP contribution in [0.25, 0.3) is 0 Å². The summed E-state index contributed by atoms with van der Waals surface area (Å²) < 4.78 is 49.7. The van der Waals surface area contributed by atoms with Gasteiger partial charge in [0.05, 0.1) is 29.9 Å². The van der Waals surface area contributed by atoms with Crippen LogP contribution in [-0.4, -0.2) is 49.1 Å². The molecule has 1 aliphatic heterocycles. The molecule has 0 unspecified atom stereocenters. The van der Waals surface area contributed by atoms with Crippen molar-refractivity contribution in [1.29, 1.82) is 0 Å². The summed E-state index contributed by atoms with van der Waals surface area (Å²) in [6, 6.07) is 8.87. The van der Waals surface area contributed by atoms with Gasteiger partial charge < -0.3 is 14.8 Å². The summed E-state index contributed by atoms with van der Waals surface area (Å²) in [7, 11) is 1.28. The van der Waals surface area contributed by atoms with Gasteiger partial charge in [-0.1, -0.05) is 29.8 Å². The number of amides is 1. The van der Waals surface area contributed by atoms with Crippen LogP contribution in [0.15, 0.2) is 42.5 Å². The first-order valence-electron chi connectivity index (χ1n) is 10.3. The molecule has 178 valence electrons. The molecule has 0 saturated carbocycles. The lowest BCUT2D eigenvalue weighted by molar-refractivity contribution is -0.146. The quantitative estimate of drug-likeness (QED) is 0.593. The molecule has 1 amide bonds. The van der Waals surface area contributed by atoms with Gasteiger partial charge in [0.1, 0.15) is 11.8 Å². The normalized spacial score (nSPS) is 18.7. The highest BCUT2D eigenvalue weighted by molar-refractivity contribution is 6.33. The first-order valence-corrected chi connectivity index (χ1v) is 10.7. The first-order chi connectivity index (χ1) is 15.6. The molecule has 33 heavy (non-hydrogen) atoms. The maximum Gasteiger partial charge on any atom is 0.416 e. The fourth-order valence-electron chi connectivity index (χ4n) is 3.85. The number of likely N-dealkylation sites (tertiary alicyclic amines) is 1. The molecule has 10 heteroatoms. The SMILES string of the molecule is CCOc1ccccc1CN1C[C@@H](NC(=O)c2cc(C(F)(F)F)ccc2Cl)C[C@H]1C(=O)OC. The second-order valence-corrected chi connectivity index (χ2v) is 8.01. The molecular formula is C23H24ClF3N2O4. The molecule has 0 aliphatic carbocycles. The van der Waals surface area contributed by atoms with Crippen LogP contribution in [-0.2, 0) is 22.3 Å². The van der Waals surface area contributed by atoms with E-state index in [0.29, 0.717) is 25.4 Å². The Bertz CT molecular complexity index is 1020. The van der Waals surface area contributed by atoms with Crippen molar-refractivity contribution >= 4 is 23.5 Å². The van der Waals surface area contributed by atoms with E-state index in [1.165, 1.54) is 7.11 Å². The number of hydrogen-bond acceptors (Lipinski definition) is 5. The molecule has 0 bridgehead atoms. The Kier molecular flexibility index (Phi) is 7.86. The van der Waals surface area contributed by atoms with Gasteiger partial charge in [0, 0.05) is 24.7 Å². The molecule has 0 spiro atoms. The molecule has 1 saturated heterocycles. The van der Waals surface area contributed by atoms with Gasteiger partial charge in [-0.05, 0) is 37.6 Å². The molecule has 2 atom stereocenters. The Labute approximate surface area is 194 Å². The number of benzene rings is 2. The maximum absolute atomic E-state index is 13.0. The molecule has 3 rings (SSSR count). The summed E-state index contributed by atoms with van der Waals surface area (Å²) >= 11 is 5.98. The van der Waals surface area contributed by atoms with Crippen LogP contribution in [0.5, 0.6) is 5.75 Å². The van der Waals surface area contributed by atoms with Crippen LogP contribution < -0.4 is 10.1 Å². The number of alkyl halides is 3. The Morgan fingerprint density at radius 1 is 1.21 bits per heavy atom. The molecule has 1 N–H and O–H groups in total. The van der Waals surface area contributed by atoms with Gasteiger partial charge in [-0.25, -0.2) is 0 Å². The second kappa shape index (κ2) is 10.4. The number of carbonyl (C=O) groups is 2. The standard InChI is InChI=1S/C23H24ClF3N2O4/c1-3-33-20-7-5-4-6-14(20)12-29-13-16(11-19(29)22(31)32-2)28-21(30)17-10-15(23(25,26)27)8-9-18(17)24/h4-10,16,19H,3,11-13H2,1-2H3,(H,28,30)/t16-,19-/m0/s1. The monoisotopic (exact) mass is 484 g/mol. The van der Waals surface area contributed by atoms with Crippen molar-refractivity contribution in [2.24, 2.45) is 0 Å². The third kappa shape index (κ3) is 5.97. The summed E-state index contributed by atoms with van der Waals surface area (Å²) in [5.74, 6) is -0.513.